The maximum Gasteiger partial charge on any atom is 0.344 e. The zero-order valence-electron chi connectivity index (χ0n) is 16.6. The summed E-state index contributed by atoms with van der Waals surface area (Å²) in [6, 6.07) is 11.4. The summed E-state index contributed by atoms with van der Waals surface area (Å²) in [5.74, 6) is -0.957. The van der Waals surface area contributed by atoms with Crippen molar-refractivity contribution in [2.75, 3.05) is 11.9 Å². The number of hydrogen-bond donors (Lipinski definition) is 1. The van der Waals surface area contributed by atoms with Gasteiger partial charge in [0.05, 0.1) is 12.1 Å². The number of carbonyl (C=O) groups is 2. The van der Waals surface area contributed by atoms with Gasteiger partial charge in [0, 0.05) is 17.1 Å². The molecule has 156 valence electrons. The number of rotatable bonds is 8. The van der Waals surface area contributed by atoms with E-state index in [1.54, 1.807) is 11.4 Å². The molecule has 0 bridgehead atoms. The number of hydrogen-bond acceptors (Lipinski definition) is 6. The van der Waals surface area contributed by atoms with Gasteiger partial charge in [-0.15, -0.1) is 11.3 Å². The molecule has 0 atom stereocenters. The van der Waals surface area contributed by atoms with Crippen molar-refractivity contribution in [3.05, 3.63) is 75.5 Å². The Morgan fingerprint density at radius 1 is 1.17 bits per heavy atom. The fourth-order valence-corrected chi connectivity index (χ4v) is 3.37. The van der Waals surface area contributed by atoms with Gasteiger partial charge >= 0.3 is 5.97 Å². The number of halogens is 1. The maximum atomic E-state index is 13.1. The predicted octanol–water partition coefficient (Wildman–Crippen LogP) is 4.20. The molecule has 0 saturated heterocycles. The molecule has 1 N–H and O–H groups in total. The van der Waals surface area contributed by atoms with E-state index in [0.29, 0.717) is 10.7 Å². The van der Waals surface area contributed by atoms with Gasteiger partial charge in [-0.1, -0.05) is 18.2 Å². The fraction of sp³-hybridized carbons (Fsp3) is 0.227. The van der Waals surface area contributed by atoms with Crippen LogP contribution in [0, 0.1) is 19.7 Å². The number of nitrogens with one attached hydrogen (secondary N) is 1. The number of carbonyl (C=O) groups excluding carboxylic acids is 2. The lowest BCUT2D eigenvalue weighted by Gasteiger charge is -2.08. The minimum atomic E-state index is -0.596. The van der Waals surface area contributed by atoms with Crippen LogP contribution in [-0.2, 0) is 27.4 Å². The normalized spacial score (nSPS) is 10.5. The van der Waals surface area contributed by atoms with Gasteiger partial charge in [0.15, 0.2) is 6.61 Å². The Morgan fingerprint density at radius 2 is 2.00 bits per heavy atom. The fourth-order valence-electron chi connectivity index (χ4n) is 2.59. The van der Waals surface area contributed by atoms with Crippen molar-refractivity contribution in [2.45, 2.75) is 26.9 Å². The third-order valence-electron chi connectivity index (χ3n) is 4.11. The molecule has 8 heteroatoms. The lowest BCUT2D eigenvalue weighted by molar-refractivity contribution is -0.147. The number of benzene rings is 2. The van der Waals surface area contributed by atoms with Crippen molar-refractivity contribution in [1.82, 2.24) is 4.98 Å². The number of amides is 1. The number of aryl methyl sites for hydroxylation is 2. The maximum absolute atomic E-state index is 13.1. The largest absolute Gasteiger partial charge is 0.482 e. The van der Waals surface area contributed by atoms with Gasteiger partial charge in [-0.3, -0.25) is 4.79 Å². The van der Waals surface area contributed by atoms with E-state index in [2.05, 4.69) is 10.3 Å². The Kier molecular flexibility index (Phi) is 7.13. The summed E-state index contributed by atoms with van der Waals surface area (Å²) in [5, 5.41) is 5.26. The summed E-state index contributed by atoms with van der Waals surface area (Å²) in [6.07, 6.45) is 0.134. The van der Waals surface area contributed by atoms with Crippen LogP contribution in [0.25, 0.3) is 0 Å². The van der Waals surface area contributed by atoms with Crippen LogP contribution in [0.3, 0.4) is 0 Å². The van der Waals surface area contributed by atoms with Crippen molar-refractivity contribution in [1.29, 1.82) is 0 Å². The van der Waals surface area contributed by atoms with Gasteiger partial charge in [0.1, 0.15) is 23.2 Å². The van der Waals surface area contributed by atoms with Crippen molar-refractivity contribution in [2.24, 2.45) is 0 Å². The highest BCUT2D eigenvalue weighted by molar-refractivity contribution is 7.09. The van der Waals surface area contributed by atoms with Gasteiger partial charge < -0.3 is 14.8 Å². The highest BCUT2D eigenvalue weighted by Gasteiger charge is 2.12. The Hall–Kier alpha value is -3.26. The first-order chi connectivity index (χ1) is 14.4. The molecule has 1 amide bonds. The molecule has 0 fully saturated rings. The van der Waals surface area contributed by atoms with Crippen LogP contribution in [-0.4, -0.2) is 23.5 Å². The van der Waals surface area contributed by atoms with Gasteiger partial charge in [-0.05, 0) is 43.2 Å². The summed E-state index contributed by atoms with van der Waals surface area (Å²) in [6.45, 7) is 3.54. The second-order valence-corrected chi connectivity index (χ2v) is 7.63. The lowest BCUT2D eigenvalue weighted by Crippen LogP contribution is -2.16. The number of ether oxygens (including phenoxy) is 2. The summed E-state index contributed by atoms with van der Waals surface area (Å²) in [4.78, 5) is 28.4. The second kappa shape index (κ2) is 9.98. The molecule has 0 unspecified atom stereocenters. The highest BCUT2D eigenvalue weighted by Crippen LogP contribution is 2.18. The smallest absolute Gasteiger partial charge is 0.344 e. The molecule has 0 spiro atoms. The summed E-state index contributed by atoms with van der Waals surface area (Å²) in [5.41, 5.74) is 3.38. The van der Waals surface area contributed by atoms with Crippen molar-refractivity contribution in [3.8, 4) is 5.75 Å². The number of nitrogens with zero attached hydrogens (tertiary/aromatic N) is 1. The monoisotopic (exact) mass is 428 g/mol. The molecule has 3 aromatic rings. The van der Waals surface area contributed by atoms with Crippen molar-refractivity contribution < 1.29 is 23.5 Å². The lowest BCUT2D eigenvalue weighted by atomic mass is 10.1. The molecular formula is C22H21FN2O4S. The van der Waals surface area contributed by atoms with Gasteiger partial charge in [0.2, 0.25) is 5.91 Å². The third-order valence-corrected chi connectivity index (χ3v) is 5.01. The molecule has 2 aromatic carbocycles. The predicted molar refractivity (Wildman–Crippen MR) is 112 cm³/mol. The van der Waals surface area contributed by atoms with Crippen LogP contribution in [0.2, 0.25) is 0 Å². The van der Waals surface area contributed by atoms with Gasteiger partial charge in [-0.25, -0.2) is 14.2 Å². The van der Waals surface area contributed by atoms with Gasteiger partial charge in [-0.2, -0.15) is 0 Å². The van der Waals surface area contributed by atoms with Crippen LogP contribution in [0.1, 0.15) is 21.8 Å². The van der Waals surface area contributed by atoms with E-state index >= 15 is 0 Å². The van der Waals surface area contributed by atoms with Crippen LogP contribution >= 0.6 is 11.3 Å². The average molecular weight is 428 g/mol. The van der Waals surface area contributed by atoms with Crippen LogP contribution in [0.15, 0.2) is 47.8 Å². The van der Waals surface area contributed by atoms with Crippen LogP contribution < -0.4 is 10.1 Å². The molecule has 1 aromatic heterocycles. The molecule has 30 heavy (non-hydrogen) atoms. The van der Waals surface area contributed by atoms with E-state index in [4.69, 9.17) is 9.47 Å². The summed E-state index contributed by atoms with van der Waals surface area (Å²) in [7, 11) is 0. The Balaban J connectivity index is 1.44. The Labute approximate surface area is 177 Å². The summed E-state index contributed by atoms with van der Waals surface area (Å²) < 4.78 is 23.4. The van der Waals surface area contributed by atoms with Gasteiger partial charge in [0.25, 0.3) is 0 Å². The van der Waals surface area contributed by atoms with Crippen molar-refractivity contribution in [3.63, 3.8) is 0 Å². The number of aromatic nitrogens is 1. The number of thiazole rings is 1. The molecule has 6 nitrogen and oxygen atoms in total. The number of anilines is 1. The third kappa shape index (κ3) is 6.38. The first kappa shape index (κ1) is 21.4. The van der Waals surface area contributed by atoms with E-state index in [1.807, 2.05) is 32.0 Å². The first-order valence-electron chi connectivity index (χ1n) is 9.23. The summed E-state index contributed by atoms with van der Waals surface area (Å²) >= 11 is 1.32. The minimum absolute atomic E-state index is 0.0273. The van der Waals surface area contributed by atoms with Crippen molar-refractivity contribution >= 4 is 28.9 Å². The Morgan fingerprint density at radius 3 is 2.80 bits per heavy atom. The second-order valence-electron chi connectivity index (χ2n) is 6.68. The van der Waals surface area contributed by atoms with E-state index < -0.39 is 11.8 Å². The molecular weight excluding hydrogens is 407 g/mol. The quantitative estimate of drug-likeness (QED) is 0.544. The van der Waals surface area contributed by atoms with Crippen LogP contribution in [0.4, 0.5) is 10.1 Å². The molecule has 0 radical (unpaired) electrons. The van der Waals surface area contributed by atoms with E-state index in [0.717, 1.165) is 16.8 Å². The minimum Gasteiger partial charge on any atom is -0.482 e. The van der Waals surface area contributed by atoms with Crippen LogP contribution in [0.5, 0.6) is 5.75 Å². The first-order valence-corrected chi connectivity index (χ1v) is 10.1. The van der Waals surface area contributed by atoms with E-state index in [1.165, 1.54) is 29.5 Å². The molecule has 0 aliphatic rings. The molecule has 0 aliphatic carbocycles. The molecule has 1 heterocycles. The topological polar surface area (TPSA) is 77.5 Å². The molecule has 0 saturated carbocycles. The zero-order valence-corrected chi connectivity index (χ0v) is 17.4. The molecule has 3 rings (SSSR count). The molecule has 0 aliphatic heterocycles. The Bertz CT molecular complexity index is 1050. The average Bonchev–Trinajstić information content (AvgIpc) is 3.15. The van der Waals surface area contributed by atoms with E-state index in [-0.39, 0.29) is 31.3 Å². The van der Waals surface area contributed by atoms with E-state index in [9.17, 15) is 14.0 Å². The highest BCUT2D eigenvalue weighted by atomic mass is 32.1. The number of esters is 1. The SMILES string of the molecule is Cc1ccc(C)c(NC(=O)Cc2nc(COC(=O)COc3cccc(F)c3)cs2)c1. The zero-order chi connectivity index (χ0) is 21.5. The standard InChI is InChI=1S/C22H21FN2O4S/c1-14-6-7-15(2)19(8-14)25-20(26)10-21-24-17(13-30-21)11-29-22(27)12-28-18-5-3-4-16(23)9-18/h3-9,13H,10-12H2,1-2H3,(H,25,26).